The zero-order valence-corrected chi connectivity index (χ0v) is 12.7. The molecule has 1 aromatic carbocycles. The number of hydrogen-bond donors (Lipinski definition) is 0. The van der Waals surface area contributed by atoms with Gasteiger partial charge in [0.15, 0.2) is 0 Å². The fraction of sp³-hybridized carbons (Fsp3) is 0.500. The largest absolute Gasteiger partial charge is 0.340 e. The summed E-state index contributed by atoms with van der Waals surface area (Å²) in [6.07, 6.45) is 2.99. The maximum atomic E-state index is 12.6. The molecule has 2 aliphatic rings. The van der Waals surface area contributed by atoms with E-state index in [0.717, 1.165) is 36.4 Å². The van der Waals surface area contributed by atoms with Gasteiger partial charge in [0, 0.05) is 31.1 Å². The van der Waals surface area contributed by atoms with E-state index in [1.54, 1.807) is 4.90 Å². The van der Waals surface area contributed by atoms with E-state index in [4.69, 9.17) is 11.6 Å². The van der Waals surface area contributed by atoms with Crippen LogP contribution in [-0.2, 0) is 16.0 Å². The predicted molar refractivity (Wildman–Crippen MR) is 81.1 cm³/mol. The Morgan fingerprint density at radius 3 is 2.67 bits per heavy atom. The fourth-order valence-electron chi connectivity index (χ4n) is 3.15. The van der Waals surface area contributed by atoms with E-state index in [2.05, 4.69) is 0 Å². The number of hydrogen-bond acceptors (Lipinski definition) is 2. The zero-order valence-electron chi connectivity index (χ0n) is 11.9. The average Bonchev–Trinajstić information content (AvgIpc) is 2.94. The van der Waals surface area contributed by atoms with Crippen molar-refractivity contribution in [3.63, 3.8) is 0 Å². The summed E-state index contributed by atoms with van der Waals surface area (Å²) in [7, 11) is 0. The van der Waals surface area contributed by atoms with Crippen LogP contribution in [0.3, 0.4) is 0 Å². The first kappa shape index (κ1) is 14.4. The number of halogens is 1. The highest BCUT2D eigenvalue weighted by Crippen LogP contribution is 2.23. The highest BCUT2D eigenvalue weighted by molar-refractivity contribution is 6.30. The second-order valence-corrected chi connectivity index (χ2v) is 6.13. The number of rotatable bonds is 3. The van der Waals surface area contributed by atoms with Crippen LogP contribution in [0.15, 0.2) is 24.3 Å². The van der Waals surface area contributed by atoms with Crippen LogP contribution in [0, 0.1) is 0 Å². The Morgan fingerprint density at radius 1 is 1.14 bits per heavy atom. The minimum atomic E-state index is -0.217. The highest BCUT2D eigenvalue weighted by Gasteiger charge is 2.38. The molecular weight excluding hydrogens is 288 g/mol. The van der Waals surface area contributed by atoms with Gasteiger partial charge in [-0.3, -0.25) is 9.59 Å². The van der Waals surface area contributed by atoms with E-state index in [0.29, 0.717) is 19.5 Å². The number of benzene rings is 1. The smallest absolute Gasteiger partial charge is 0.245 e. The topological polar surface area (TPSA) is 40.6 Å². The molecule has 2 heterocycles. The fourth-order valence-corrected chi connectivity index (χ4v) is 3.28. The molecule has 0 aromatic heterocycles. The molecule has 21 heavy (non-hydrogen) atoms. The van der Waals surface area contributed by atoms with Gasteiger partial charge in [-0.05, 0) is 37.0 Å². The molecule has 4 nitrogen and oxygen atoms in total. The molecule has 5 heteroatoms. The van der Waals surface area contributed by atoms with Gasteiger partial charge in [0.05, 0.1) is 0 Å². The van der Waals surface area contributed by atoms with Crippen LogP contribution in [0.5, 0.6) is 0 Å². The maximum Gasteiger partial charge on any atom is 0.245 e. The minimum absolute atomic E-state index is 0.118. The number of amides is 2. The van der Waals surface area contributed by atoms with Gasteiger partial charge >= 0.3 is 0 Å². The number of nitrogens with zero attached hydrogens (tertiary/aromatic N) is 2. The predicted octanol–water partition coefficient (Wildman–Crippen LogP) is 2.11. The van der Waals surface area contributed by atoms with Gasteiger partial charge in [-0.2, -0.15) is 0 Å². The molecule has 0 spiro atoms. The normalized spacial score (nSPS) is 22.4. The molecule has 1 aromatic rings. The third-order valence-electron chi connectivity index (χ3n) is 4.35. The molecule has 0 bridgehead atoms. The maximum absolute atomic E-state index is 12.6. The van der Waals surface area contributed by atoms with Crippen molar-refractivity contribution in [2.45, 2.75) is 31.7 Å². The zero-order chi connectivity index (χ0) is 14.8. The SMILES string of the molecule is O=C1C2CCCN2C(=O)CCN1CCc1ccc(Cl)cc1. The first-order chi connectivity index (χ1) is 10.1. The van der Waals surface area contributed by atoms with Gasteiger partial charge in [-0.1, -0.05) is 23.7 Å². The Hall–Kier alpha value is -1.55. The number of fused-ring (bicyclic) bond motifs is 1. The summed E-state index contributed by atoms with van der Waals surface area (Å²) in [6.45, 7) is 1.94. The van der Waals surface area contributed by atoms with Crippen molar-refractivity contribution in [2.75, 3.05) is 19.6 Å². The van der Waals surface area contributed by atoms with E-state index < -0.39 is 0 Å². The molecule has 112 valence electrons. The monoisotopic (exact) mass is 306 g/mol. The molecule has 3 rings (SSSR count). The van der Waals surface area contributed by atoms with Crippen molar-refractivity contribution in [2.24, 2.45) is 0 Å². The van der Waals surface area contributed by atoms with Crippen LogP contribution >= 0.6 is 11.6 Å². The van der Waals surface area contributed by atoms with Crippen LogP contribution in [0.2, 0.25) is 5.02 Å². The Bertz CT molecular complexity index is 544. The molecule has 2 saturated heterocycles. The molecule has 0 N–H and O–H groups in total. The average molecular weight is 307 g/mol. The van der Waals surface area contributed by atoms with Crippen molar-refractivity contribution in [3.05, 3.63) is 34.9 Å². The van der Waals surface area contributed by atoms with E-state index in [9.17, 15) is 9.59 Å². The van der Waals surface area contributed by atoms with Gasteiger partial charge in [0.25, 0.3) is 0 Å². The van der Waals surface area contributed by atoms with Crippen LogP contribution in [0.1, 0.15) is 24.8 Å². The van der Waals surface area contributed by atoms with Gasteiger partial charge in [-0.25, -0.2) is 0 Å². The van der Waals surface area contributed by atoms with Gasteiger partial charge < -0.3 is 9.80 Å². The molecule has 2 fully saturated rings. The van der Waals surface area contributed by atoms with Crippen molar-refractivity contribution in [1.82, 2.24) is 9.80 Å². The van der Waals surface area contributed by atoms with Crippen molar-refractivity contribution >= 4 is 23.4 Å². The second kappa shape index (κ2) is 6.06. The van der Waals surface area contributed by atoms with E-state index in [1.807, 2.05) is 29.2 Å². The Kier molecular flexibility index (Phi) is 4.15. The lowest BCUT2D eigenvalue weighted by atomic mass is 10.1. The number of carbonyl (C=O) groups excluding carboxylic acids is 2. The molecule has 1 atom stereocenters. The first-order valence-corrected chi connectivity index (χ1v) is 7.85. The van der Waals surface area contributed by atoms with Crippen molar-refractivity contribution in [3.8, 4) is 0 Å². The lowest BCUT2D eigenvalue weighted by molar-refractivity contribution is -0.139. The molecule has 2 amide bonds. The van der Waals surface area contributed by atoms with Crippen LogP contribution in [0.4, 0.5) is 0 Å². The summed E-state index contributed by atoms with van der Waals surface area (Å²) in [4.78, 5) is 28.2. The lowest BCUT2D eigenvalue weighted by Crippen LogP contribution is -2.44. The molecule has 1 unspecified atom stereocenters. The van der Waals surface area contributed by atoms with E-state index in [1.165, 1.54) is 0 Å². The highest BCUT2D eigenvalue weighted by atomic mass is 35.5. The molecule has 2 aliphatic heterocycles. The minimum Gasteiger partial charge on any atom is -0.340 e. The Labute approximate surface area is 129 Å². The Balaban J connectivity index is 1.66. The van der Waals surface area contributed by atoms with E-state index >= 15 is 0 Å². The Morgan fingerprint density at radius 2 is 1.90 bits per heavy atom. The lowest BCUT2D eigenvalue weighted by Gasteiger charge is -2.25. The summed E-state index contributed by atoms with van der Waals surface area (Å²) >= 11 is 5.87. The summed E-state index contributed by atoms with van der Waals surface area (Å²) in [5.41, 5.74) is 1.16. The van der Waals surface area contributed by atoms with Crippen LogP contribution in [-0.4, -0.2) is 47.3 Å². The summed E-state index contributed by atoms with van der Waals surface area (Å²) in [5.74, 6) is 0.243. The van der Waals surface area contributed by atoms with Crippen LogP contribution < -0.4 is 0 Å². The second-order valence-electron chi connectivity index (χ2n) is 5.70. The number of carbonyl (C=O) groups is 2. The van der Waals surface area contributed by atoms with Crippen LogP contribution in [0.25, 0.3) is 0 Å². The van der Waals surface area contributed by atoms with E-state index in [-0.39, 0.29) is 17.9 Å². The molecular formula is C16H19ClN2O2. The third-order valence-corrected chi connectivity index (χ3v) is 4.60. The van der Waals surface area contributed by atoms with Gasteiger partial charge in [0.2, 0.25) is 11.8 Å². The van der Waals surface area contributed by atoms with Crippen molar-refractivity contribution in [1.29, 1.82) is 0 Å². The molecule has 0 aliphatic carbocycles. The standard InChI is InChI=1S/C16H19ClN2O2/c17-13-5-3-12(4-6-13)7-10-18-11-8-15(20)19-9-1-2-14(19)16(18)21/h3-6,14H,1-2,7-11H2. The summed E-state index contributed by atoms with van der Waals surface area (Å²) in [5, 5.41) is 0.719. The first-order valence-electron chi connectivity index (χ1n) is 7.48. The van der Waals surface area contributed by atoms with Crippen molar-refractivity contribution < 1.29 is 9.59 Å². The van der Waals surface area contributed by atoms with Gasteiger partial charge in [0.1, 0.15) is 6.04 Å². The van der Waals surface area contributed by atoms with Gasteiger partial charge in [-0.15, -0.1) is 0 Å². The molecule has 0 saturated carbocycles. The quantitative estimate of drug-likeness (QED) is 0.858. The summed E-state index contributed by atoms with van der Waals surface area (Å²) < 4.78 is 0. The summed E-state index contributed by atoms with van der Waals surface area (Å²) in [6, 6.07) is 7.48. The third kappa shape index (κ3) is 3.05. The molecule has 0 radical (unpaired) electrons.